The molecular weight excluding hydrogens is 488 g/mol. The molecule has 4 N–H and O–H groups in total. The van der Waals surface area contributed by atoms with Gasteiger partial charge in [0.25, 0.3) is 0 Å². The van der Waals surface area contributed by atoms with Gasteiger partial charge in [-0.15, -0.1) is 0 Å². The smallest absolute Gasteiger partial charge is 0.242 e. The van der Waals surface area contributed by atoms with Gasteiger partial charge >= 0.3 is 0 Å². The molecule has 208 valence electrons. The quantitative estimate of drug-likeness (QED) is 0.222. The molecule has 0 saturated carbocycles. The lowest BCUT2D eigenvalue weighted by molar-refractivity contribution is -0.131. The van der Waals surface area contributed by atoms with Crippen LogP contribution in [0.25, 0.3) is 0 Å². The van der Waals surface area contributed by atoms with Crippen molar-refractivity contribution in [2.45, 2.75) is 63.3 Å². The molecule has 4 rings (SSSR count). The van der Waals surface area contributed by atoms with Crippen molar-refractivity contribution in [3.8, 4) is 0 Å². The number of nitrogens with one attached hydrogen (secondary N) is 4. The molecule has 39 heavy (non-hydrogen) atoms. The fraction of sp³-hybridized carbons (Fsp3) is 0.452. The Kier molecular flexibility index (Phi) is 11.1. The van der Waals surface area contributed by atoms with Crippen molar-refractivity contribution in [2.24, 2.45) is 4.99 Å². The highest BCUT2D eigenvalue weighted by molar-refractivity contribution is 5.90. The maximum absolute atomic E-state index is 13.2. The van der Waals surface area contributed by atoms with Gasteiger partial charge in [-0.2, -0.15) is 0 Å². The SMILES string of the molecule is CNC(=O)C(Cc1ccc(NCCCCNC2C=CCC=N2)cc1)NC(=O)C1CCCN1Cc1ccccc1. The van der Waals surface area contributed by atoms with Gasteiger partial charge in [-0.3, -0.25) is 24.8 Å². The normalized spacial score (nSPS) is 19.5. The van der Waals surface area contributed by atoms with E-state index in [0.717, 1.165) is 69.5 Å². The summed E-state index contributed by atoms with van der Waals surface area (Å²) in [5, 5.41) is 12.6. The number of benzene rings is 2. The van der Waals surface area contributed by atoms with E-state index in [1.807, 2.05) is 48.7 Å². The van der Waals surface area contributed by atoms with Gasteiger partial charge in [-0.1, -0.05) is 48.5 Å². The number of hydrogen-bond donors (Lipinski definition) is 4. The predicted molar refractivity (Wildman–Crippen MR) is 158 cm³/mol. The van der Waals surface area contributed by atoms with Crippen molar-refractivity contribution in [1.29, 1.82) is 0 Å². The summed E-state index contributed by atoms with van der Waals surface area (Å²) < 4.78 is 0. The second-order valence-electron chi connectivity index (χ2n) is 10.2. The summed E-state index contributed by atoms with van der Waals surface area (Å²) in [5.41, 5.74) is 3.25. The largest absolute Gasteiger partial charge is 0.385 e. The molecule has 8 nitrogen and oxygen atoms in total. The Labute approximate surface area is 232 Å². The molecule has 1 fully saturated rings. The first kappa shape index (κ1) is 28.5. The maximum Gasteiger partial charge on any atom is 0.242 e. The van der Waals surface area contributed by atoms with Crippen molar-refractivity contribution in [3.63, 3.8) is 0 Å². The molecule has 0 bridgehead atoms. The Hall–Kier alpha value is -3.49. The summed E-state index contributed by atoms with van der Waals surface area (Å²) in [5.74, 6) is -0.253. The van der Waals surface area contributed by atoms with Crippen LogP contribution in [0.3, 0.4) is 0 Å². The first-order chi connectivity index (χ1) is 19.1. The van der Waals surface area contributed by atoms with E-state index in [1.165, 1.54) is 5.56 Å². The number of anilines is 1. The highest BCUT2D eigenvalue weighted by atomic mass is 16.2. The van der Waals surface area contributed by atoms with Gasteiger partial charge in [0, 0.05) is 44.9 Å². The minimum Gasteiger partial charge on any atom is -0.385 e. The van der Waals surface area contributed by atoms with Crippen LogP contribution in [0.5, 0.6) is 0 Å². The van der Waals surface area contributed by atoms with E-state index in [2.05, 4.69) is 55.4 Å². The van der Waals surface area contributed by atoms with Gasteiger partial charge < -0.3 is 16.0 Å². The van der Waals surface area contributed by atoms with E-state index in [0.29, 0.717) is 6.42 Å². The minimum absolute atomic E-state index is 0.0730. The van der Waals surface area contributed by atoms with Crippen LogP contribution in [0.1, 0.15) is 43.2 Å². The molecule has 0 aromatic heterocycles. The van der Waals surface area contributed by atoms with Gasteiger partial charge in [0.2, 0.25) is 11.8 Å². The molecule has 2 aliphatic rings. The molecule has 0 radical (unpaired) electrons. The molecule has 2 aliphatic heterocycles. The van der Waals surface area contributed by atoms with Gasteiger partial charge in [-0.05, 0) is 68.1 Å². The minimum atomic E-state index is -0.615. The maximum atomic E-state index is 13.2. The summed E-state index contributed by atoms with van der Waals surface area (Å²) in [6, 6.07) is 17.5. The zero-order chi connectivity index (χ0) is 27.3. The van der Waals surface area contributed by atoms with Crippen LogP contribution in [-0.4, -0.2) is 67.9 Å². The molecule has 0 spiro atoms. The summed E-state index contributed by atoms with van der Waals surface area (Å²) >= 11 is 0. The van der Waals surface area contributed by atoms with E-state index < -0.39 is 6.04 Å². The Bertz CT molecular complexity index is 1090. The van der Waals surface area contributed by atoms with Crippen LogP contribution in [0.15, 0.2) is 71.7 Å². The lowest BCUT2D eigenvalue weighted by atomic mass is 10.0. The van der Waals surface area contributed by atoms with Gasteiger partial charge in [0.1, 0.15) is 12.2 Å². The molecule has 2 aromatic rings. The lowest BCUT2D eigenvalue weighted by Gasteiger charge is -2.26. The highest BCUT2D eigenvalue weighted by Crippen LogP contribution is 2.21. The van der Waals surface area contributed by atoms with E-state index >= 15 is 0 Å². The third-order valence-electron chi connectivity index (χ3n) is 7.28. The number of carbonyl (C=O) groups excluding carboxylic acids is 2. The molecule has 2 heterocycles. The van der Waals surface area contributed by atoms with Crippen molar-refractivity contribution in [1.82, 2.24) is 20.9 Å². The van der Waals surface area contributed by atoms with Crippen LogP contribution in [0, 0.1) is 0 Å². The van der Waals surface area contributed by atoms with Gasteiger partial charge in [0.05, 0.1) is 6.04 Å². The average molecular weight is 531 g/mol. The van der Waals surface area contributed by atoms with Crippen LogP contribution < -0.4 is 21.3 Å². The number of dihydropyridines is 1. The number of nitrogens with zero attached hydrogens (tertiary/aromatic N) is 2. The van der Waals surface area contributed by atoms with E-state index in [4.69, 9.17) is 0 Å². The zero-order valence-corrected chi connectivity index (χ0v) is 22.9. The van der Waals surface area contributed by atoms with E-state index in [1.54, 1.807) is 7.05 Å². The molecular formula is C31H42N6O2. The van der Waals surface area contributed by atoms with E-state index in [-0.39, 0.29) is 24.0 Å². The van der Waals surface area contributed by atoms with Crippen LogP contribution in [0.2, 0.25) is 0 Å². The number of allylic oxidation sites excluding steroid dienone is 1. The van der Waals surface area contributed by atoms with Crippen LogP contribution >= 0.6 is 0 Å². The van der Waals surface area contributed by atoms with Crippen molar-refractivity contribution in [2.75, 3.05) is 32.0 Å². The molecule has 2 amide bonds. The monoisotopic (exact) mass is 530 g/mol. The molecule has 8 heteroatoms. The molecule has 1 saturated heterocycles. The van der Waals surface area contributed by atoms with E-state index in [9.17, 15) is 9.59 Å². The zero-order valence-electron chi connectivity index (χ0n) is 22.9. The third kappa shape index (κ3) is 9.04. The second-order valence-corrected chi connectivity index (χ2v) is 10.2. The van der Waals surface area contributed by atoms with Crippen molar-refractivity contribution >= 4 is 23.7 Å². The topological polar surface area (TPSA) is 97.9 Å². The molecule has 2 aromatic carbocycles. The first-order valence-corrected chi connectivity index (χ1v) is 14.2. The standard InChI is InChI=1S/C31H42N6O2/c1-32-30(38)27(36-31(39)28-12-9-21-37(28)23-25-10-3-2-4-11-25)22-24-14-16-26(17-15-24)33-18-7-8-20-35-29-13-5-6-19-34-29/h2-5,10-11,13-17,19,27-29,33,35H,6-9,12,18,20-23H2,1H3,(H,32,38)(H,36,39). The predicted octanol–water partition coefficient (Wildman–Crippen LogP) is 3.26. The van der Waals surface area contributed by atoms with Crippen molar-refractivity contribution < 1.29 is 9.59 Å². The number of likely N-dealkylation sites (N-methyl/N-ethyl adjacent to an activating group) is 1. The summed E-state index contributed by atoms with van der Waals surface area (Å²) in [6.45, 7) is 3.45. The van der Waals surface area contributed by atoms with Gasteiger partial charge in [0.15, 0.2) is 0 Å². The fourth-order valence-electron chi connectivity index (χ4n) is 5.12. The highest BCUT2D eigenvalue weighted by Gasteiger charge is 2.33. The number of aliphatic imine (C=N–C) groups is 1. The summed E-state index contributed by atoms with van der Waals surface area (Å²) in [4.78, 5) is 32.5. The lowest BCUT2D eigenvalue weighted by Crippen LogP contribution is -2.52. The first-order valence-electron chi connectivity index (χ1n) is 14.2. The number of carbonyl (C=O) groups is 2. The van der Waals surface area contributed by atoms with Crippen LogP contribution in [-0.2, 0) is 22.6 Å². The van der Waals surface area contributed by atoms with Gasteiger partial charge in [-0.25, -0.2) is 0 Å². The Morgan fingerprint density at radius 1 is 1.03 bits per heavy atom. The number of rotatable bonds is 14. The summed E-state index contributed by atoms with van der Waals surface area (Å²) in [6.07, 6.45) is 11.6. The van der Waals surface area contributed by atoms with Crippen LogP contribution in [0.4, 0.5) is 5.69 Å². The molecule has 0 aliphatic carbocycles. The second kappa shape index (κ2) is 15.2. The fourth-order valence-corrected chi connectivity index (χ4v) is 5.12. The number of amides is 2. The Morgan fingerprint density at radius 2 is 1.82 bits per heavy atom. The number of hydrogen-bond acceptors (Lipinski definition) is 6. The number of likely N-dealkylation sites (tertiary alicyclic amines) is 1. The molecule has 3 atom stereocenters. The average Bonchev–Trinajstić information content (AvgIpc) is 3.44. The number of unbranched alkanes of at least 4 members (excludes halogenated alkanes) is 1. The Morgan fingerprint density at radius 3 is 2.56 bits per heavy atom. The van der Waals surface area contributed by atoms with Crippen molar-refractivity contribution in [3.05, 3.63) is 77.9 Å². The summed E-state index contributed by atoms with van der Waals surface area (Å²) in [7, 11) is 1.61. The molecule has 3 unspecified atom stereocenters. The Balaban J connectivity index is 1.22. The third-order valence-corrected chi connectivity index (χ3v) is 7.28.